The van der Waals surface area contributed by atoms with E-state index in [1.165, 1.54) is 25.0 Å². The average Bonchev–Trinajstić information content (AvgIpc) is 2.37. The summed E-state index contributed by atoms with van der Waals surface area (Å²) in [6.07, 6.45) is 0.0978. The molecule has 0 N–H and O–H groups in total. The van der Waals surface area contributed by atoms with E-state index < -0.39 is 16.7 Å². The highest BCUT2D eigenvalue weighted by molar-refractivity contribution is 5.71. The summed E-state index contributed by atoms with van der Waals surface area (Å²) in [5, 5.41) is 10.9. The predicted octanol–water partition coefficient (Wildman–Crippen LogP) is 2.04. The fourth-order valence-electron chi connectivity index (χ4n) is 1.59. The number of hydrogen-bond acceptors (Lipinski definition) is 5. The fraction of sp³-hybridized carbons (Fsp3) is 0.417. The van der Waals surface area contributed by atoms with E-state index in [0.717, 1.165) is 6.07 Å². The van der Waals surface area contributed by atoms with Gasteiger partial charge in [0, 0.05) is 13.6 Å². The number of nitro groups is 1. The minimum Gasteiger partial charge on any atom is -0.469 e. The zero-order valence-corrected chi connectivity index (χ0v) is 11.0. The van der Waals surface area contributed by atoms with Gasteiger partial charge in [-0.1, -0.05) is 0 Å². The second-order valence-electron chi connectivity index (χ2n) is 4.09. The number of nitro benzene ring substituents is 1. The summed E-state index contributed by atoms with van der Waals surface area (Å²) in [5.41, 5.74) is 0.258. The van der Waals surface area contributed by atoms with E-state index in [0.29, 0.717) is 5.56 Å². The first kappa shape index (κ1) is 14.9. The van der Waals surface area contributed by atoms with Crippen LogP contribution in [0.4, 0.5) is 15.8 Å². The molecule has 0 aliphatic carbocycles. The standard InChI is InChI=1S/C12H15FN2O4/c1-8-6-10(11(15(17)18)7-9(8)13)14(2)5-4-12(16)19-3/h6-7H,4-5H2,1-3H3. The molecule has 1 aromatic rings. The molecule has 19 heavy (non-hydrogen) atoms. The second kappa shape index (κ2) is 6.12. The van der Waals surface area contributed by atoms with Crippen molar-refractivity contribution >= 4 is 17.3 Å². The van der Waals surface area contributed by atoms with Crippen molar-refractivity contribution in [2.24, 2.45) is 0 Å². The number of methoxy groups -OCH3 is 1. The van der Waals surface area contributed by atoms with Crippen LogP contribution in [0.25, 0.3) is 0 Å². The molecule has 0 aliphatic heterocycles. The van der Waals surface area contributed by atoms with Crippen molar-refractivity contribution in [3.8, 4) is 0 Å². The Bertz CT molecular complexity index is 505. The minimum absolute atomic E-state index is 0.0978. The third-order valence-electron chi connectivity index (χ3n) is 2.74. The molecule has 0 atom stereocenters. The summed E-state index contributed by atoms with van der Waals surface area (Å²) >= 11 is 0. The van der Waals surface area contributed by atoms with Crippen LogP contribution in [0.5, 0.6) is 0 Å². The van der Waals surface area contributed by atoms with Crippen LogP contribution in [0.3, 0.4) is 0 Å². The van der Waals surface area contributed by atoms with Crippen molar-refractivity contribution in [3.05, 3.63) is 33.6 Å². The molecule has 1 rings (SSSR count). The number of benzene rings is 1. The van der Waals surface area contributed by atoms with Crippen LogP contribution >= 0.6 is 0 Å². The van der Waals surface area contributed by atoms with Crippen molar-refractivity contribution in [2.45, 2.75) is 13.3 Å². The van der Waals surface area contributed by atoms with E-state index in [2.05, 4.69) is 4.74 Å². The Morgan fingerprint density at radius 2 is 2.16 bits per heavy atom. The van der Waals surface area contributed by atoms with Crippen LogP contribution in [-0.4, -0.2) is 31.6 Å². The first-order chi connectivity index (χ1) is 8.86. The molecule has 7 heteroatoms. The van der Waals surface area contributed by atoms with Crippen molar-refractivity contribution in [1.82, 2.24) is 0 Å². The number of nitrogens with zero attached hydrogens (tertiary/aromatic N) is 2. The van der Waals surface area contributed by atoms with E-state index in [1.54, 1.807) is 7.05 Å². The lowest BCUT2D eigenvalue weighted by Gasteiger charge is -2.19. The molecule has 0 fully saturated rings. The molecule has 0 aromatic heterocycles. The highest BCUT2D eigenvalue weighted by atomic mass is 19.1. The summed E-state index contributed by atoms with van der Waals surface area (Å²) < 4.78 is 17.9. The van der Waals surface area contributed by atoms with Crippen LogP contribution in [0, 0.1) is 22.9 Å². The first-order valence-corrected chi connectivity index (χ1v) is 5.59. The molecule has 0 heterocycles. The number of halogens is 1. The van der Waals surface area contributed by atoms with Gasteiger partial charge in [0.15, 0.2) is 0 Å². The zero-order valence-electron chi connectivity index (χ0n) is 11.0. The maximum atomic E-state index is 13.4. The Labute approximate surface area is 109 Å². The van der Waals surface area contributed by atoms with E-state index >= 15 is 0 Å². The smallest absolute Gasteiger partial charge is 0.307 e. The molecule has 0 radical (unpaired) electrons. The van der Waals surface area contributed by atoms with E-state index in [1.807, 2.05) is 0 Å². The topological polar surface area (TPSA) is 72.7 Å². The lowest BCUT2D eigenvalue weighted by Crippen LogP contribution is -2.22. The third-order valence-corrected chi connectivity index (χ3v) is 2.74. The lowest BCUT2D eigenvalue weighted by molar-refractivity contribution is -0.384. The normalized spacial score (nSPS) is 10.1. The third kappa shape index (κ3) is 3.64. The van der Waals surface area contributed by atoms with Gasteiger partial charge in [-0.3, -0.25) is 14.9 Å². The molecule has 104 valence electrons. The number of rotatable bonds is 5. The molecule has 6 nitrogen and oxygen atoms in total. The maximum Gasteiger partial charge on any atom is 0.307 e. The summed E-state index contributed by atoms with van der Waals surface area (Å²) in [4.78, 5) is 22.8. The Balaban J connectivity index is 3.01. The number of hydrogen-bond donors (Lipinski definition) is 0. The first-order valence-electron chi connectivity index (χ1n) is 5.59. The van der Waals surface area contributed by atoms with Gasteiger partial charge >= 0.3 is 5.97 Å². The van der Waals surface area contributed by atoms with Crippen molar-refractivity contribution in [2.75, 3.05) is 25.6 Å². The average molecular weight is 270 g/mol. The number of carbonyl (C=O) groups excluding carboxylic acids is 1. The molecule has 0 spiro atoms. The number of esters is 1. The maximum absolute atomic E-state index is 13.4. The second-order valence-corrected chi connectivity index (χ2v) is 4.09. The SMILES string of the molecule is COC(=O)CCN(C)c1cc(C)c(F)cc1[N+](=O)[O-]. The highest BCUT2D eigenvalue weighted by Gasteiger charge is 2.20. The number of ether oxygens (including phenoxy) is 1. The summed E-state index contributed by atoms with van der Waals surface area (Å²) in [7, 11) is 2.87. The van der Waals surface area contributed by atoms with E-state index in [-0.39, 0.29) is 24.3 Å². The van der Waals surface area contributed by atoms with Crippen LogP contribution in [0.2, 0.25) is 0 Å². The van der Waals surface area contributed by atoms with Gasteiger partial charge in [-0.25, -0.2) is 4.39 Å². The summed E-state index contributed by atoms with van der Waals surface area (Å²) in [5.74, 6) is -1.04. The Kier molecular flexibility index (Phi) is 4.80. The molecule has 0 unspecified atom stereocenters. The van der Waals surface area contributed by atoms with Crippen molar-refractivity contribution in [1.29, 1.82) is 0 Å². The van der Waals surface area contributed by atoms with Crippen molar-refractivity contribution < 1.29 is 18.8 Å². The molecule has 0 bridgehead atoms. The van der Waals surface area contributed by atoms with E-state index in [9.17, 15) is 19.3 Å². The number of anilines is 1. The predicted molar refractivity (Wildman–Crippen MR) is 67.7 cm³/mol. The van der Waals surface area contributed by atoms with Crippen LogP contribution in [0.15, 0.2) is 12.1 Å². The lowest BCUT2D eigenvalue weighted by atomic mass is 10.1. The molecule has 0 amide bonds. The Morgan fingerprint density at radius 1 is 1.53 bits per heavy atom. The number of aryl methyl sites for hydroxylation is 1. The Hall–Kier alpha value is -2.18. The van der Waals surface area contributed by atoms with Gasteiger partial charge in [0.05, 0.1) is 24.5 Å². The van der Waals surface area contributed by atoms with Gasteiger partial charge in [0.2, 0.25) is 0 Å². The fourth-order valence-corrected chi connectivity index (χ4v) is 1.59. The van der Waals surface area contributed by atoms with Gasteiger partial charge in [0.25, 0.3) is 5.69 Å². The van der Waals surface area contributed by atoms with Gasteiger partial charge < -0.3 is 9.64 Å². The molecule has 0 saturated heterocycles. The number of carbonyl (C=O) groups is 1. The van der Waals surface area contributed by atoms with Gasteiger partial charge in [-0.05, 0) is 18.6 Å². The van der Waals surface area contributed by atoms with Gasteiger partial charge in [-0.15, -0.1) is 0 Å². The summed E-state index contributed by atoms with van der Waals surface area (Å²) in [6, 6.07) is 2.28. The zero-order chi connectivity index (χ0) is 14.6. The molecule has 0 saturated carbocycles. The molecular formula is C12H15FN2O4. The van der Waals surface area contributed by atoms with E-state index in [4.69, 9.17) is 0 Å². The van der Waals surface area contributed by atoms with Crippen molar-refractivity contribution in [3.63, 3.8) is 0 Å². The largest absolute Gasteiger partial charge is 0.469 e. The Morgan fingerprint density at radius 3 is 2.68 bits per heavy atom. The minimum atomic E-state index is -0.646. The molecule has 0 aliphatic rings. The van der Waals surface area contributed by atoms with Crippen LogP contribution < -0.4 is 4.90 Å². The van der Waals surface area contributed by atoms with Gasteiger partial charge in [-0.2, -0.15) is 0 Å². The monoisotopic (exact) mass is 270 g/mol. The highest BCUT2D eigenvalue weighted by Crippen LogP contribution is 2.30. The summed E-state index contributed by atoms with van der Waals surface area (Å²) in [6.45, 7) is 1.77. The quantitative estimate of drug-likeness (QED) is 0.465. The van der Waals surface area contributed by atoms with Gasteiger partial charge in [0.1, 0.15) is 11.5 Å². The van der Waals surface area contributed by atoms with Crippen LogP contribution in [-0.2, 0) is 9.53 Å². The molecule has 1 aromatic carbocycles. The molecular weight excluding hydrogens is 255 g/mol. The van der Waals surface area contributed by atoms with Crippen LogP contribution in [0.1, 0.15) is 12.0 Å².